The Labute approximate surface area is 120 Å². The van der Waals surface area contributed by atoms with Gasteiger partial charge in [0.1, 0.15) is 5.41 Å². The van der Waals surface area contributed by atoms with Gasteiger partial charge in [-0.25, -0.2) is 8.42 Å². The Hall–Kier alpha value is -1.38. The zero-order chi connectivity index (χ0) is 15.0. The zero-order valence-electron chi connectivity index (χ0n) is 11.7. The summed E-state index contributed by atoms with van der Waals surface area (Å²) in [4.78, 5) is 0. The van der Waals surface area contributed by atoms with Crippen LogP contribution in [-0.2, 0) is 16.3 Å². The molecule has 1 saturated carbocycles. The molecule has 0 spiro atoms. The summed E-state index contributed by atoms with van der Waals surface area (Å²) in [6, 6.07) is 9.68. The molecular weight excluding hydrogens is 274 g/mol. The lowest BCUT2D eigenvalue weighted by Crippen LogP contribution is -2.19. The first kappa shape index (κ1) is 15.0. The van der Waals surface area contributed by atoms with E-state index in [9.17, 15) is 18.8 Å². The molecule has 0 saturated heterocycles. The van der Waals surface area contributed by atoms with E-state index in [2.05, 4.69) is 0 Å². The van der Waals surface area contributed by atoms with Crippen molar-refractivity contribution in [1.29, 1.82) is 5.26 Å². The first-order valence-electron chi connectivity index (χ1n) is 6.79. The summed E-state index contributed by atoms with van der Waals surface area (Å²) in [5.41, 5.74) is 0.804. The molecule has 2 rings (SSSR count). The molecule has 0 radical (unpaired) electrons. The van der Waals surface area contributed by atoms with Crippen LogP contribution in [0.3, 0.4) is 0 Å². The van der Waals surface area contributed by atoms with E-state index in [4.69, 9.17) is 0 Å². The second kappa shape index (κ2) is 5.19. The molecule has 1 fully saturated rings. The third-order valence-electron chi connectivity index (χ3n) is 4.26. The number of hydrogen-bond acceptors (Lipinski definition) is 4. The van der Waals surface area contributed by atoms with Gasteiger partial charge in [0, 0.05) is 11.7 Å². The predicted octanol–water partition coefficient (Wildman–Crippen LogP) is 1.65. The summed E-state index contributed by atoms with van der Waals surface area (Å²) in [5.74, 6) is -0.432. The van der Waals surface area contributed by atoms with Crippen LogP contribution in [0.2, 0.25) is 0 Å². The van der Waals surface area contributed by atoms with Gasteiger partial charge in [-0.1, -0.05) is 38.1 Å². The Bertz CT molecular complexity index is 630. The highest BCUT2D eigenvalue weighted by molar-refractivity contribution is 7.92. The monoisotopic (exact) mass is 293 g/mol. The molecule has 108 valence electrons. The number of aryl methyl sites for hydroxylation is 1. The first-order chi connectivity index (χ1) is 9.46. The van der Waals surface area contributed by atoms with Crippen LogP contribution >= 0.6 is 0 Å². The number of hydrogen-bond donors (Lipinski definition) is 1. The Morgan fingerprint density at radius 1 is 1.30 bits per heavy atom. The van der Waals surface area contributed by atoms with Crippen molar-refractivity contribution in [1.82, 2.24) is 0 Å². The summed E-state index contributed by atoms with van der Waals surface area (Å²) in [6.07, 6.45) is 0.908. The molecule has 20 heavy (non-hydrogen) atoms. The molecule has 3 atom stereocenters. The van der Waals surface area contributed by atoms with Crippen LogP contribution in [-0.4, -0.2) is 31.1 Å². The van der Waals surface area contributed by atoms with Crippen molar-refractivity contribution in [3.05, 3.63) is 35.4 Å². The van der Waals surface area contributed by atoms with E-state index >= 15 is 0 Å². The number of benzene rings is 1. The highest BCUT2D eigenvalue weighted by Crippen LogP contribution is 2.62. The molecule has 0 aliphatic heterocycles. The van der Waals surface area contributed by atoms with Crippen LogP contribution in [0.1, 0.15) is 30.9 Å². The molecule has 5 heteroatoms. The molecule has 1 aliphatic rings. The van der Waals surface area contributed by atoms with Gasteiger partial charge in [0.05, 0.1) is 17.9 Å². The van der Waals surface area contributed by atoms with Gasteiger partial charge in [-0.3, -0.25) is 0 Å². The van der Waals surface area contributed by atoms with Gasteiger partial charge in [0.25, 0.3) is 0 Å². The maximum Gasteiger partial charge on any atom is 0.155 e. The fraction of sp³-hybridized carbons (Fsp3) is 0.533. The minimum absolute atomic E-state index is 0.00929. The second-order valence-corrected chi connectivity index (χ2v) is 7.67. The van der Waals surface area contributed by atoms with Crippen LogP contribution < -0.4 is 0 Å². The van der Waals surface area contributed by atoms with Gasteiger partial charge >= 0.3 is 0 Å². The molecule has 1 aromatic rings. The predicted molar refractivity (Wildman–Crippen MR) is 76.9 cm³/mol. The van der Waals surface area contributed by atoms with Crippen LogP contribution in [0.15, 0.2) is 24.3 Å². The zero-order valence-corrected chi connectivity index (χ0v) is 12.5. The standard InChI is InChI=1S/C15H19NO3S/c1-3-11-5-7-12(8-6-11)13-14(20(18,19)4-2)15(13,9-16)10-17/h5-8,13-14,17H,3-4,10H2,1-2H3/t13-,14+,15+/m1/s1. The Morgan fingerprint density at radius 2 is 1.90 bits per heavy atom. The average molecular weight is 293 g/mol. The maximum atomic E-state index is 12.1. The van der Waals surface area contributed by atoms with Crippen LogP contribution in [0, 0.1) is 16.7 Å². The SMILES string of the molecule is CCc1ccc([C@@H]2[C@H](S(=O)(=O)CC)[C@@]2(C#N)CO)cc1. The molecule has 0 unspecified atom stereocenters. The van der Waals surface area contributed by atoms with Gasteiger partial charge in [-0.2, -0.15) is 5.26 Å². The van der Waals surface area contributed by atoms with Crippen molar-refractivity contribution >= 4 is 9.84 Å². The van der Waals surface area contributed by atoms with Crippen LogP contribution in [0.5, 0.6) is 0 Å². The summed E-state index contributed by atoms with van der Waals surface area (Å²) >= 11 is 0. The fourth-order valence-corrected chi connectivity index (χ4v) is 4.91. The topological polar surface area (TPSA) is 78.2 Å². The lowest BCUT2D eigenvalue weighted by molar-refractivity contribution is 0.242. The minimum Gasteiger partial charge on any atom is -0.395 e. The number of nitriles is 1. The molecule has 1 aliphatic carbocycles. The van der Waals surface area contributed by atoms with Gasteiger partial charge in [-0.05, 0) is 17.5 Å². The normalized spacial score (nSPS) is 28.9. The highest BCUT2D eigenvalue weighted by Gasteiger charge is 2.71. The van der Waals surface area contributed by atoms with Gasteiger partial charge in [0.2, 0.25) is 0 Å². The minimum atomic E-state index is -3.35. The quantitative estimate of drug-likeness (QED) is 0.895. The highest BCUT2D eigenvalue weighted by atomic mass is 32.2. The van der Waals surface area contributed by atoms with Gasteiger partial charge in [0.15, 0.2) is 9.84 Å². The Morgan fingerprint density at radius 3 is 2.30 bits per heavy atom. The molecule has 0 aromatic heterocycles. The molecule has 1 N–H and O–H groups in total. The Balaban J connectivity index is 2.42. The van der Waals surface area contributed by atoms with Crippen molar-refractivity contribution in [2.24, 2.45) is 5.41 Å². The van der Waals surface area contributed by atoms with E-state index in [0.29, 0.717) is 0 Å². The van der Waals surface area contributed by atoms with Gasteiger partial charge < -0.3 is 5.11 Å². The molecular formula is C15H19NO3S. The van der Waals surface area contributed by atoms with E-state index < -0.39 is 33.0 Å². The van der Waals surface area contributed by atoms with Gasteiger partial charge in [-0.15, -0.1) is 0 Å². The third-order valence-corrected chi connectivity index (χ3v) is 6.53. The van der Waals surface area contributed by atoms with E-state index in [1.54, 1.807) is 6.92 Å². The average Bonchev–Trinajstić information content (AvgIpc) is 3.18. The fourth-order valence-electron chi connectivity index (χ4n) is 2.90. The number of nitrogens with zero attached hydrogens (tertiary/aromatic N) is 1. The lowest BCUT2D eigenvalue weighted by Gasteiger charge is -2.04. The van der Waals surface area contributed by atoms with Crippen molar-refractivity contribution < 1.29 is 13.5 Å². The molecule has 0 heterocycles. The first-order valence-corrected chi connectivity index (χ1v) is 8.51. The molecule has 0 bridgehead atoms. The van der Waals surface area contributed by atoms with E-state index in [-0.39, 0.29) is 5.75 Å². The van der Waals surface area contributed by atoms with E-state index in [0.717, 1.165) is 17.5 Å². The van der Waals surface area contributed by atoms with Crippen molar-refractivity contribution in [3.8, 4) is 6.07 Å². The van der Waals surface area contributed by atoms with Crippen molar-refractivity contribution in [3.63, 3.8) is 0 Å². The summed E-state index contributed by atoms with van der Waals surface area (Å²) in [6.45, 7) is 3.20. The summed E-state index contributed by atoms with van der Waals surface area (Å²) in [5, 5.41) is 18.1. The molecule has 1 aromatic carbocycles. The molecule has 0 amide bonds. The third kappa shape index (κ3) is 2.13. The lowest BCUT2D eigenvalue weighted by atomic mass is 10.00. The number of rotatable bonds is 5. The largest absolute Gasteiger partial charge is 0.395 e. The second-order valence-electron chi connectivity index (χ2n) is 5.26. The van der Waals surface area contributed by atoms with Crippen molar-refractivity contribution in [2.75, 3.05) is 12.4 Å². The summed E-state index contributed by atoms with van der Waals surface area (Å²) in [7, 11) is -3.35. The smallest absolute Gasteiger partial charge is 0.155 e. The number of aliphatic hydroxyl groups is 1. The van der Waals surface area contributed by atoms with Crippen LogP contribution in [0.25, 0.3) is 0 Å². The molecule has 4 nitrogen and oxygen atoms in total. The number of aliphatic hydroxyl groups excluding tert-OH is 1. The Kier molecular flexibility index (Phi) is 3.90. The van der Waals surface area contributed by atoms with E-state index in [1.165, 1.54) is 0 Å². The number of sulfone groups is 1. The van der Waals surface area contributed by atoms with E-state index in [1.807, 2.05) is 37.3 Å². The maximum absolute atomic E-state index is 12.1. The summed E-state index contributed by atoms with van der Waals surface area (Å²) < 4.78 is 24.3. The van der Waals surface area contributed by atoms with Crippen molar-refractivity contribution in [2.45, 2.75) is 31.4 Å². The van der Waals surface area contributed by atoms with Crippen LogP contribution in [0.4, 0.5) is 0 Å².